The van der Waals surface area contributed by atoms with Crippen molar-refractivity contribution in [2.45, 2.75) is 13.0 Å². The van der Waals surface area contributed by atoms with Gasteiger partial charge in [0.2, 0.25) is 0 Å². The van der Waals surface area contributed by atoms with Gasteiger partial charge in [-0.3, -0.25) is 4.98 Å². The highest BCUT2D eigenvalue weighted by Gasteiger charge is 2.11. The van der Waals surface area contributed by atoms with Gasteiger partial charge in [0.05, 0.1) is 26.1 Å². The van der Waals surface area contributed by atoms with Crippen molar-refractivity contribution in [2.75, 3.05) is 5.32 Å². The highest BCUT2D eigenvalue weighted by Crippen LogP contribution is 2.33. The third-order valence-electron chi connectivity index (χ3n) is 3.11. The average Bonchev–Trinajstić information content (AvgIpc) is 2.89. The summed E-state index contributed by atoms with van der Waals surface area (Å²) < 4.78 is 1.14. The number of pyridine rings is 1. The molecule has 5 heteroatoms. The molecule has 0 bridgehead atoms. The third kappa shape index (κ3) is 2.68. The van der Waals surface area contributed by atoms with Crippen LogP contribution in [-0.2, 0) is 0 Å². The molecule has 0 aliphatic carbocycles. The Kier molecular flexibility index (Phi) is 3.96. The summed E-state index contributed by atoms with van der Waals surface area (Å²) in [6.45, 7) is 2.14. The fourth-order valence-corrected chi connectivity index (χ4v) is 3.76. The first-order valence-corrected chi connectivity index (χ1v) is 8.19. The molecule has 3 rings (SSSR count). The van der Waals surface area contributed by atoms with Crippen molar-refractivity contribution in [3.8, 4) is 0 Å². The number of rotatable bonds is 3. The molecule has 2 heterocycles. The van der Waals surface area contributed by atoms with E-state index in [0.717, 1.165) is 25.4 Å². The molecule has 2 nitrogen and oxygen atoms in total. The van der Waals surface area contributed by atoms with E-state index in [1.54, 1.807) is 17.5 Å². The number of halogens is 2. The molecule has 0 saturated carbocycles. The number of nitrogens with one attached hydrogen (secondary N) is 1. The van der Waals surface area contributed by atoms with Crippen molar-refractivity contribution < 1.29 is 0 Å². The van der Waals surface area contributed by atoms with Crippen molar-refractivity contribution in [1.82, 2.24) is 4.98 Å². The number of nitrogens with zero attached hydrogens (tertiary/aromatic N) is 1. The molecule has 1 unspecified atom stereocenters. The maximum absolute atomic E-state index is 6.21. The lowest BCUT2D eigenvalue weighted by atomic mass is 10.1. The number of fused-ring (bicyclic) bond motifs is 1. The largest absolute Gasteiger partial charge is 0.376 e. The maximum Gasteiger partial charge on any atom is 0.0948 e. The van der Waals surface area contributed by atoms with Crippen LogP contribution in [0.15, 0.2) is 46.4 Å². The van der Waals surface area contributed by atoms with E-state index >= 15 is 0 Å². The maximum atomic E-state index is 6.21. The van der Waals surface area contributed by atoms with Crippen LogP contribution in [0.25, 0.3) is 10.9 Å². The first-order chi connectivity index (χ1) is 9.65. The molecule has 0 fully saturated rings. The fourth-order valence-electron chi connectivity index (χ4n) is 2.12. The minimum atomic E-state index is 0.220. The molecular weight excluding hydrogens is 356 g/mol. The highest BCUT2D eigenvalue weighted by atomic mass is 79.9. The standard InChI is InChI=1S/C15H12BrClN2S/c1-9(13-6-7-14(16)20-13)19-12-5-4-11(17)10-3-2-8-18-15(10)12/h2-9,19H,1H3. The van der Waals surface area contributed by atoms with Crippen molar-refractivity contribution in [3.05, 3.63) is 56.3 Å². The normalized spacial score (nSPS) is 12.6. The van der Waals surface area contributed by atoms with Gasteiger partial charge in [0, 0.05) is 16.5 Å². The number of benzene rings is 1. The second-order valence-corrected chi connectivity index (χ2v) is 7.40. The average molecular weight is 368 g/mol. The van der Waals surface area contributed by atoms with Crippen molar-refractivity contribution in [2.24, 2.45) is 0 Å². The van der Waals surface area contributed by atoms with E-state index in [9.17, 15) is 0 Å². The summed E-state index contributed by atoms with van der Waals surface area (Å²) in [7, 11) is 0. The first-order valence-electron chi connectivity index (χ1n) is 6.20. The summed E-state index contributed by atoms with van der Waals surface area (Å²) in [6, 6.07) is 12.2. The highest BCUT2D eigenvalue weighted by molar-refractivity contribution is 9.11. The van der Waals surface area contributed by atoms with Gasteiger partial charge in [0.15, 0.2) is 0 Å². The molecule has 2 aromatic heterocycles. The van der Waals surface area contributed by atoms with Crippen LogP contribution in [0.3, 0.4) is 0 Å². The van der Waals surface area contributed by atoms with Gasteiger partial charge in [-0.2, -0.15) is 0 Å². The van der Waals surface area contributed by atoms with E-state index in [2.05, 4.69) is 45.3 Å². The molecule has 20 heavy (non-hydrogen) atoms. The van der Waals surface area contributed by atoms with E-state index < -0.39 is 0 Å². The summed E-state index contributed by atoms with van der Waals surface area (Å²) in [4.78, 5) is 5.72. The minimum absolute atomic E-state index is 0.220. The monoisotopic (exact) mass is 366 g/mol. The molecule has 102 valence electrons. The summed E-state index contributed by atoms with van der Waals surface area (Å²) in [6.07, 6.45) is 1.79. The van der Waals surface area contributed by atoms with Crippen LogP contribution in [0.4, 0.5) is 5.69 Å². The zero-order valence-corrected chi connectivity index (χ0v) is 13.9. The Morgan fingerprint density at radius 1 is 1.25 bits per heavy atom. The van der Waals surface area contributed by atoms with Crippen LogP contribution in [0.1, 0.15) is 17.8 Å². The zero-order chi connectivity index (χ0) is 14.1. The Morgan fingerprint density at radius 3 is 2.85 bits per heavy atom. The summed E-state index contributed by atoms with van der Waals surface area (Å²) >= 11 is 11.4. The van der Waals surface area contributed by atoms with Crippen molar-refractivity contribution in [3.63, 3.8) is 0 Å². The molecule has 0 aliphatic heterocycles. The minimum Gasteiger partial charge on any atom is -0.376 e. The lowest BCUT2D eigenvalue weighted by Gasteiger charge is -2.15. The predicted molar refractivity (Wildman–Crippen MR) is 90.8 cm³/mol. The van der Waals surface area contributed by atoms with E-state index in [-0.39, 0.29) is 6.04 Å². The van der Waals surface area contributed by atoms with Gasteiger partial charge in [-0.05, 0) is 59.3 Å². The summed E-state index contributed by atoms with van der Waals surface area (Å²) in [5, 5.41) is 5.21. The van der Waals surface area contributed by atoms with Gasteiger partial charge in [0.25, 0.3) is 0 Å². The lowest BCUT2D eigenvalue weighted by molar-refractivity contribution is 0.909. The lowest BCUT2D eigenvalue weighted by Crippen LogP contribution is -2.05. The smallest absolute Gasteiger partial charge is 0.0948 e. The zero-order valence-electron chi connectivity index (χ0n) is 10.7. The summed E-state index contributed by atoms with van der Waals surface area (Å²) in [5.41, 5.74) is 1.91. The second kappa shape index (κ2) is 5.72. The number of hydrogen-bond acceptors (Lipinski definition) is 3. The second-order valence-electron chi connectivity index (χ2n) is 4.50. The van der Waals surface area contributed by atoms with E-state index in [0.29, 0.717) is 0 Å². The van der Waals surface area contributed by atoms with E-state index in [1.165, 1.54) is 4.88 Å². The van der Waals surface area contributed by atoms with Gasteiger partial charge < -0.3 is 5.32 Å². The Balaban J connectivity index is 1.97. The topological polar surface area (TPSA) is 24.9 Å². The van der Waals surface area contributed by atoms with Gasteiger partial charge in [-0.25, -0.2) is 0 Å². The van der Waals surface area contributed by atoms with Crippen molar-refractivity contribution >= 4 is 55.5 Å². The summed E-state index contributed by atoms with van der Waals surface area (Å²) in [5.74, 6) is 0. The number of anilines is 1. The van der Waals surface area contributed by atoms with Crippen LogP contribution in [-0.4, -0.2) is 4.98 Å². The molecule has 0 radical (unpaired) electrons. The third-order valence-corrected chi connectivity index (χ3v) is 5.25. The molecular formula is C15H12BrClN2S. The van der Waals surface area contributed by atoms with Crippen molar-refractivity contribution in [1.29, 1.82) is 0 Å². The van der Waals surface area contributed by atoms with Crippen LogP contribution >= 0.6 is 38.9 Å². The van der Waals surface area contributed by atoms with E-state index in [4.69, 9.17) is 11.6 Å². The van der Waals surface area contributed by atoms with Crippen LogP contribution < -0.4 is 5.32 Å². The molecule has 3 aromatic rings. The molecule has 1 atom stereocenters. The Hall–Kier alpha value is -1.10. The van der Waals surface area contributed by atoms with Crippen LogP contribution in [0.2, 0.25) is 5.02 Å². The van der Waals surface area contributed by atoms with Crippen LogP contribution in [0.5, 0.6) is 0 Å². The quantitative estimate of drug-likeness (QED) is 0.624. The number of aromatic nitrogens is 1. The number of thiophene rings is 1. The Morgan fingerprint density at radius 2 is 2.10 bits per heavy atom. The predicted octanol–water partition coefficient (Wildman–Crippen LogP) is 5.89. The van der Waals surface area contributed by atoms with Gasteiger partial charge in [-0.15, -0.1) is 11.3 Å². The first kappa shape index (κ1) is 13.9. The molecule has 0 saturated heterocycles. The fraction of sp³-hybridized carbons (Fsp3) is 0.133. The number of hydrogen-bond donors (Lipinski definition) is 1. The molecule has 0 aliphatic rings. The van der Waals surface area contributed by atoms with Gasteiger partial charge in [0.1, 0.15) is 0 Å². The molecule has 1 aromatic carbocycles. The van der Waals surface area contributed by atoms with Crippen LogP contribution in [0, 0.1) is 0 Å². The molecule has 1 N–H and O–H groups in total. The Labute approximate surface area is 134 Å². The van der Waals surface area contributed by atoms with Gasteiger partial charge >= 0.3 is 0 Å². The van der Waals surface area contributed by atoms with E-state index in [1.807, 2.05) is 24.3 Å². The Bertz CT molecular complexity index is 756. The van der Waals surface area contributed by atoms with Gasteiger partial charge in [-0.1, -0.05) is 11.6 Å². The molecule has 0 amide bonds. The molecule has 0 spiro atoms. The SMILES string of the molecule is CC(Nc1ccc(Cl)c2cccnc12)c1ccc(Br)s1.